The number of amides is 1. The molecule has 1 saturated carbocycles. The van der Waals surface area contributed by atoms with Gasteiger partial charge in [0.1, 0.15) is 0 Å². The zero-order valence-corrected chi connectivity index (χ0v) is 12.9. The van der Waals surface area contributed by atoms with Crippen molar-refractivity contribution in [1.82, 2.24) is 15.0 Å². The summed E-state index contributed by atoms with van der Waals surface area (Å²) in [5.41, 5.74) is 1.15. The second-order valence-electron chi connectivity index (χ2n) is 6.26. The molecule has 6 heteroatoms. The molecule has 0 bridgehead atoms. The van der Waals surface area contributed by atoms with Gasteiger partial charge in [-0.3, -0.25) is 9.78 Å². The molecule has 0 N–H and O–H groups in total. The van der Waals surface area contributed by atoms with E-state index in [1.54, 1.807) is 23.4 Å². The number of rotatable bonds is 5. The smallest absolute Gasteiger partial charge is 0.276 e. The molecule has 3 heterocycles. The minimum absolute atomic E-state index is 0.0959. The van der Waals surface area contributed by atoms with Gasteiger partial charge >= 0.3 is 0 Å². The molecule has 1 amide bonds. The lowest BCUT2D eigenvalue weighted by atomic mass is 10.2. The Morgan fingerprint density at radius 3 is 3.09 bits per heavy atom. The Labute approximate surface area is 134 Å². The summed E-state index contributed by atoms with van der Waals surface area (Å²) in [5.74, 6) is 1.21. The molecule has 2 aliphatic rings. The summed E-state index contributed by atoms with van der Waals surface area (Å²) in [7, 11) is 0. The van der Waals surface area contributed by atoms with Crippen molar-refractivity contribution in [3.63, 3.8) is 0 Å². The highest BCUT2D eigenvalue weighted by atomic mass is 16.5. The van der Waals surface area contributed by atoms with Crippen LogP contribution in [0.4, 0.5) is 0 Å². The van der Waals surface area contributed by atoms with Gasteiger partial charge in [0.25, 0.3) is 5.91 Å². The monoisotopic (exact) mass is 313 g/mol. The van der Waals surface area contributed by atoms with Gasteiger partial charge in [-0.2, -0.15) is 0 Å². The lowest BCUT2D eigenvalue weighted by Crippen LogP contribution is -2.30. The topological polar surface area (TPSA) is 68.5 Å². The number of carbonyl (C=O) groups is 1. The van der Waals surface area contributed by atoms with Crippen LogP contribution in [0.1, 0.15) is 29.8 Å². The van der Waals surface area contributed by atoms with E-state index in [-0.39, 0.29) is 12.0 Å². The highest BCUT2D eigenvalue weighted by Crippen LogP contribution is 2.30. The third-order valence-electron chi connectivity index (χ3n) is 4.37. The number of pyridine rings is 1. The van der Waals surface area contributed by atoms with Crippen molar-refractivity contribution in [2.24, 2.45) is 5.92 Å². The van der Waals surface area contributed by atoms with Gasteiger partial charge in [-0.05, 0) is 37.3 Å². The van der Waals surface area contributed by atoms with E-state index in [0.29, 0.717) is 24.5 Å². The van der Waals surface area contributed by atoms with Gasteiger partial charge in [0.2, 0.25) is 0 Å². The number of hydrogen-bond acceptors (Lipinski definition) is 5. The van der Waals surface area contributed by atoms with Crippen molar-refractivity contribution in [2.75, 3.05) is 19.7 Å². The summed E-state index contributed by atoms with van der Waals surface area (Å²) in [6, 6.07) is 5.37. The molecule has 1 atom stereocenters. The molecule has 120 valence electrons. The normalized spacial score (nSPS) is 20.9. The van der Waals surface area contributed by atoms with Crippen molar-refractivity contribution < 1.29 is 14.1 Å². The third kappa shape index (κ3) is 3.27. The zero-order chi connectivity index (χ0) is 15.6. The first-order valence-electron chi connectivity index (χ1n) is 8.07. The SMILES string of the molecule is O=C(c1cc(-c2cccnc2)on1)N1CCC(OCC2CC2)C1. The Morgan fingerprint density at radius 2 is 2.30 bits per heavy atom. The molecule has 2 fully saturated rings. The number of nitrogens with zero attached hydrogens (tertiary/aromatic N) is 3. The number of aromatic nitrogens is 2. The fourth-order valence-corrected chi connectivity index (χ4v) is 2.79. The van der Waals surface area contributed by atoms with E-state index in [2.05, 4.69) is 10.1 Å². The molecule has 0 radical (unpaired) electrons. The lowest BCUT2D eigenvalue weighted by Gasteiger charge is -2.15. The fraction of sp³-hybridized carbons (Fsp3) is 0.471. The van der Waals surface area contributed by atoms with Crippen molar-refractivity contribution in [1.29, 1.82) is 0 Å². The van der Waals surface area contributed by atoms with Crippen LogP contribution in [0.2, 0.25) is 0 Å². The minimum atomic E-state index is -0.0959. The Hall–Kier alpha value is -2.21. The third-order valence-corrected chi connectivity index (χ3v) is 4.37. The van der Waals surface area contributed by atoms with Crippen LogP contribution in [-0.4, -0.2) is 46.7 Å². The Bertz CT molecular complexity index is 681. The Balaban J connectivity index is 1.38. The van der Waals surface area contributed by atoms with Gasteiger partial charge in [-0.25, -0.2) is 0 Å². The van der Waals surface area contributed by atoms with Crippen LogP contribution in [0.3, 0.4) is 0 Å². The minimum Gasteiger partial charge on any atom is -0.376 e. The van der Waals surface area contributed by atoms with Gasteiger partial charge in [0, 0.05) is 43.7 Å². The number of ether oxygens (including phenoxy) is 1. The van der Waals surface area contributed by atoms with Crippen LogP contribution >= 0.6 is 0 Å². The van der Waals surface area contributed by atoms with Crippen LogP contribution in [0.25, 0.3) is 11.3 Å². The molecule has 0 aromatic carbocycles. The molecule has 1 aliphatic carbocycles. The highest BCUT2D eigenvalue weighted by molar-refractivity contribution is 5.93. The average molecular weight is 313 g/mol. The average Bonchev–Trinajstić information content (AvgIpc) is 3.11. The molecule has 1 unspecified atom stereocenters. The maximum Gasteiger partial charge on any atom is 0.276 e. The molecule has 23 heavy (non-hydrogen) atoms. The lowest BCUT2D eigenvalue weighted by molar-refractivity contribution is 0.0478. The second kappa shape index (κ2) is 6.12. The van der Waals surface area contributed by atoms with E-state index >= 15 is 0 Å². The van der Waals surface area contributed by atoms with Crippen molar-refractivity contribution in [2.45, 2.75) is 25.4 Å². The number of carbonyl (C=O) groups excluding carboxylic acids is 1. The van der Waals surface area contributed by atoms with E-state index < -0.39 is 0 Å². The highest BCUT2D eigenvalue weighted by Gasteiger charge is 2.31. The predicted octanol–water partition coefficient (Wildman–Crippen LogP) is 2.38. The van der Waals surface area contributed by atoms with Gasteiger partial charge < -0.3 is 14.2 Å². The predicted molar refractivity (Wildman–Crippen MR) is 82.7 cm³/mol. The zero-order valence-electron chi connectivity index (χ0n) is 12.9. The first-order chi connectivity index (χ1) is 11.3. The maximum atomic E-state index is 12.5. The summed E-state index contributed by atoms with van der Waals surface area (Å²) in [6.07, 6.45) is 7.00. The molecular formula is C17H19N3O3. The Kier molecular flexibility index (Phi) is 3.83. The number of likely N-dealkylation sites (tertiary alicyclic amines) is 1. The quantitative estimate of drug-likeness (QED) is 0.847. The van der Waals surface area contributed by atoms with Gasteiger partial charge in [0.15, 0.2) is 11.5 Å². The maximum absolute atomic E-state index is 12.5. The molecule has 2 aromatic heterocycles. The molecular weight excluding hydrogens is 294 g/mol. The largest absolute Gasteiger partial charge is 0.376 e. The van der Waals surface area contributed by atoms with Crippen molar-refractivity contribution in [3.05, 3.63) is 36.3 Å². The van der Waals surface area contributed by atoms with E-state index in [1.807, 2.05) is 12.1 Å². The van der Waals surface area contributed by atoms with E-state index in [9.17, 15) is 4.79 Å². The number of hydrogen-bond donors (Lipinski definition) is 0. The summed E-state index contributed by atoms with van der Waals surface area (Å²) in [4.78, 5) is 18.4. The molecule has 1 aliphatic heterocycles. The summed E-state index contributed by atoms with van der Waals surface area (Å²) < 4.78 is 11.1. The van der Waals surface area contributed by atoms with Crippen LogP contribution in [0, 0.1) is 5.92 Å². The molecule has 1 saturated heterocycles. The molecule has 2 aromatic rings. The second-order valence-corrected chi connectivity index (χ2v) is 6.26. The Morgan fingerprint density at radius 1 is 1.39 bits per heavy atom. The fourth-order valence-electron chi connectivity index (χ4n) is 2.79. The molecule has 4 rings (SSSR count). The summed E-state index contributed by atoms with van der Waals surface area (Å²) in [5, 5.41) is 3.91. The van der Waals surface area contributed by atoms with E-state index in [0.717, 1.165) is 24.5 Å². The van der Waals surface area contributed by atoms with Gasteiger partial charge in [-0.15, -0.1) is 0 Å². The van der Waals surface area contributed by atoms with Crippen LogP contribution in [-0.2, 0) is 4.74 Å². The molecule has 6 nitrogen and oxygen atoms in total. The van der Waals surface area contributed by atoms with E-state index in [4.69, 9.17) is 9.26 Å². The van der Waals surface area contributed by atoms with Crippen molar-refractivity contribution >= 4 is 5.91 Å². The van der Waals surface area contributed by atoms with E-state index in [1.165, 1.54) is 12.8 Å². The van der Waals surface area contributed by atoms with Crippen LogP contribution < -0.4 is 0 Å². The van der Waals surface area contributed by atoms with Crippen LogP contribution in [0.15, 0.2) is 35.1 Å². The van der Waals surface area contributed by atoms with Gasteiger partial charge in [0.05, 0.1) is 6.10 Å². The first-order valence-corrected chi connectivity index (χ1v) is 8.07. The van der Waals surface area contributed by atoms with Gasteiger partial charge in [-0.1, -0.05) is 5.16 Å². The molecule has 0 spiro atoms. The summed E-state index contributed by atoms with van der Waals surface area (Å²) in [6.45, 7) is 2.19. The van der Waals surface area contributed by atoms with Crippen LogP contribution in [0.5, 0.6) is 0 Å². The standard InChI is InChI=1S/C17H19N3O3/c21-17(20-7-5-14(10-20)22-11-12-3-4-12)15-8-16(23-19-15)13-2-1-6-18-9-13/h1-2,6,8-9,12,14H,3-5,7,10-11H2. The first kappa shape index (κ1) is 14.4. The summed E-state index contributed by atoms with van der Waals surface area (Å²) >= 11 is 0. The van der Waals surface area contributed by atoms with Crippen molar-refractivity contribution in [3.8, 4) is 11.3 Å².